The second-order valence-corrected chi connectivity index (χ2v) is 6.56. The monoisotopic (exact) mass is 277 g/mol. The van der Waals surface area contributed by atoms with E-state index >= 15 is 0 Å². The van der Waals surface area contributed by atoms with Gasteiger partial charge in [0.1, 0.15) is 5.75 Å². The smallest absolute Gasteiger partial charge is 0.495 e. The van der Waals surface area contributed by atoms with Crippen molar-refractivity contribution in [2.24, 2.45) is 0 Å². The summed E-state index contributed by atoms with van der Waals surface area (Å²) in [6.07, 6.45) is 1.79. The van der Waals surface area contributed by atoms with Gasteiger partial charge in [0.05, 0.1) is 24.0 Å². The van der Waals surface area contributed by atoms with Crippen LogP contribution in [0.3, 0.4) is 0 Å². The molecule has 2 heterocycles. The number of pyridine rings is 1. The Morgan fingerprint density at radius 1 is 1.15 bits per heavy atom. The van der Waals surface area contributed by atoms with Crippen molar-refractivity contribution in [3.05, 3.63) is 18.0 Å². The molecule has 0 saturated carbocycles. The third-order valence-electron chi connectivity index (χ3n) is 4.22. The maximum Gasteiger partial charge on any atom is 0.498 e. The lowest BCUT2D eigenvalue weighted by atomic mass is 9.78. The van der Waals surface area contributed by atoms with Gasteiger partial charge in [0, 0.05) is 11.7 Å². The van der Waals surface area contributed by atoms with Crippen molar-refractivity contribution in [3.63, 3.8) is 0 Å². The zero-order valence-electron chi connectivity index (χ0n) is 13.5. The number of ether oxygens (including phenoxy) is 1. The van der Waals surface area contributed by atoms with Crippen LogP contribution in [0, 0.1) is 0 Å². The Kier molecular flexibility index (Phi) is 3.86. The standard InChI is InChI=1S/C15H24BNO3/c1-10(2)12-13(18-7)11(8-9-17-12)16-19-14(3,4)15(5,6)20-16/h8-10H,1-7H3. The molecular weight excluding hydrogens is 253 g/mol. The molecule has 110 valence electrons. The Morgan fingerprint density at radius 3 is 2.15 bits per heavy atom. The normalized spacial score (nSPS) is 20.5. The second kappa shape index (κ2) is 5.04. The summed E-state index contributed by atoms with van der Waals surface area (Å²) in [5.74, 6) is 1.05. The fourth-order valence-electron chi connectivity index (χ4n) is 2.27. The van der Waals surface area contributed by atoms with Gasteiger partial charge in [-0.25, -0.2) is 0 Å². The largest absolute Gasteiger partial charge is 0.498 e. The first-order valence-electron chi connectivity index (χ1n) is 7.08. The number of hydrogen-bond acceptors (Lipinski definition) is 4. The number of hydrogen-bond donors (Lipinski definition) is 0. The van der Waals surface area contributed by atoms with E-state index in [1.165, 1.54) is 0 Å². The summed E-state index contributed by atoms with van der Waals surface area (Å²) in [5.41, 5.74) is 1.12. The molecule has 1 aromatic heterocycles. The SMILES string of the molecule is COc1c(B2OC(C)(C)C(C)(C)O2)ccnc1C(C)C. The van der Waals surface area contributed by atoms with E-state index in [1.54, 1.807) is 13.3 Å². The van der Waals surface area contributed by atoms with Crippen LogP contribution in [-0.2, 0) is 9.31 Å². The molecule has 1 fully saturated rings. The molecule has 0 aromatic carbocycles. The van der Waals surface area contributed by atoms with Crippen LogP contribution in [-0.4, -0.2) is 30.4 Å². The molecule has 0 N–H and O–H groups in total. The molecule has 4 nitrogen and oxygen atoms in total. The molecule has 1 aliphatic heterocycles. The molecule has 0 spiro atoms. The third kappa shape index (κ3) is 2.45. The summed E-state index contributed by atoms with van der Waals surface area (Å²) in [7, 11) is 1.24. The average Bonchev–Trinajstić information content (AvgIpc) is 2.57. The van der Waals surface area contributed by atoms with Gasteiger partial charge >= 0.3 is 7.12 Å². The highest BCUT2D eigenvalue weighted by molar-refractivity contribution is 6.63. The first kappa shape index (κ1) is 15.3. The molecule has 0 bridgehead atoms. The Balaban J connectivity index is 2.43. The van der Waals surface area contributed by atoms with Crippen molar-refractivity contribution in [1.29, 1.82) is 0 Å². The van der Waals surface area contributed by atoms with Gasteiger partial charge in [-0.05, 0) is 39.7 Å². The molecule has 0 atom stereocenters. The van der Waals surface area contributed by atoms with Crippen LogP contribution in [0.15, 0.2) is 12.3 Å². The quantitative estimate of drug-likeness (QED) is 0.796. The number of nitrogens with zero attached hydrogens (tertiary/aromatic N) is 1. The zero-order valence-corrected chi connectivity index (χ0v) is 13.5. The van der Waals surface area contributed by atoms with Crippen molar-refractivity contribution >= 4 is 12.6 Å². The van der Waals surface area contributed by atoms with E-state index in [2.05, 4.69) is 18.8 Å². The van der Waals surface area contributed by atoms with Crippen LogP contribution < -0.4 is 10.2 Å². The first-order valence-corrected chi connectivity index (χ1v) is 7.08. The molecule has 0 unspecified atom stereocenters. The van der Waals surface area contributed by atoms with Crippen LogP contribution in [0.2, 0.25) is 0 Å². The van der Waals surface area contributed by atoms with E-state index in [1.807, 2.05) is 33.8 Å². The first-order chi connectivity index (χ1) is 9.19. The summed E-state index contributed by atoms with van der Waals surface area (Å²) in [6.45, 7) is 12.4. The van der Waals surface area contributed by atoms with Gasteiger partial charge in [0.25, 0.3) is 0 Å². The Morgan fingerprint density at radius 2 is 1.70 bits per heavy atom. The van der Waals surface area contributed by atoms with Crippen molar-refractivity contribution < 1.29 is 14.0 Å². The minimum Gasteiger partial charge on any atom is -0.495 e. The molecular formula is C15H24BNO3. The maximum absolute atomic E-state index is 6.10. The molecule has 20 heavy (non-hydrogen) atoms. The Labute approximate surface area is 122 Å². The minimum atomic E-state index is -0.421. The minimum absolute atomic E-state index is 0.285. The highest BCUT2D eigenvalue weighted by atomic mass is 16.7. The molecule has 1 aliphatic rings. The Hall–Kier alpha value is -1.07. The predicted molar refractivity (Wildman–Crippen MR) is 80.6 cm³/mol. The molecule has 1 aromatic rings. The molecule has 0 radical (unpaired) electrons. The Bertz CT molecular complexity index is 484. The van der Waals surface area contributed by atoms with Gasteiger partial charge in [0.15, 0.2) is 0 Å². The van der Waals surface area contributed by atoms with E-state index in [4.69, 9.17) is 14.0 Å². The molecule has 1 saturated heterocycles. The van der Waals surface area contributed by atoms with Gasteiger partial charge < -0.3 is 14.0 Å². The van der Waals surface area contributed by atoms with Crippen molar-refractivity contribution in [1.82, 2.24) is 4.98 Å². The highest BCUT2D eigenvalue weighted by Crippen LogP contribution is 2.37. The number of rotatable bonds is 3. The van der Waals surface area contributed by atoms with E-state index < -0.39 is 7.12 Å². The highest BCUT2D eigenvalue weighted by Gasteiger charge is 2.52. The third-order valence-corrected chi connectivity index (χ3v) is 4.22. The van der Waals surface area contributed by atoms with Crippen molar-refractivity contribution in [3.8, 4) is 5.75 Å². The predicted octanol–water partition coefficient (Wildman–Crippen LogP) is 2.51. The number of aromatic nitrogens is 1. The summed E-state index contributed by atoms with van der Waals surface area (Å²) >= 11 is 0. The van der Waals surface area contributed by atoms with Crippen molar-refractivity contribution in [2.45, 2.75) is 58.7 Å². The fraction of sp³-hybridized carbons (Fsp3) is 0.667. The number of methoxy groups -OCH3 is 1. The molecule has 0 aliphatic carbocycles. The lowest BCUT2D eigenvalue weighted by Gasteiger charge is -2.32. The zero-order chi connectivity index (χ0) is 15.1. The second-order valence-electron chi connectivity index (χ2n) is 6.56. The van der Waals surface area contributed by atoms with Crippen molar-refractivity contribution in [2.75, 3.05) is 7.11 Å². The van der Waals surface area contributed by atoms with Gasteiger partial charge in [-0.2, -0.15) is 0 Å². The molecule has 2 rings (SSSR count). The molecule has 0 amide bonds. The van der Waals surface area contributed by atoms with Crippen LogP contribution in [0.1, 0.15) is 53.2 Å². The summed E-state index contributed by atoms with van der Waals surface area (Å²) in [6, 6.07) is 1.91. The van der Waals surface area contributed by atoms with Gasteiger partial charge in [-0.1, -0.05) is 13.8 Å². The van der Waals surface area contributed by atoms with Gasteiger partial charge in [-0.3, -0.25) is 4.98 Å². The van der Waals surface area contributed by atoms with Gasteiger partial charge in [-0.15, -0.1) is 0 Å². The molecule has 5 heteroatoms. The van der Waals surface area contributed by atoms with E-state index in [-0.39, 0.29) is 17.1 Å². The lowest BCUT2D eigenvalue weighted by Crippen LogP contribution is -2.41. The average molecular weight is 277 g/mol. The van der Waals surface area contributed by atoms with Crippen LogP contribution in [0.4, 0.5) is 0 Å². The lowest BCUT2D eigenvalue weighted by molar-refractivity contribution is 0.00578. The maximum atomic E-state index is 6.10. The summed E-state index contributed by atoms with van der Waals surface area (Å²) in [4.78, 5) is 4.42. The van der Waals surface area contributed by atoms with Crippen LogP contribution in [0.25, 0.3) is 0 Å². The van der Waals surface area contributed by atoms with E-state index in [0.717, 1.165) is 16.9 Å². The van der Waals surface area contributed by atoms with E-state index in [0.29, 0.717) is 0 Å². The van der Waals surface area contributed by atoms with Crippen LogP contribution >= 0.6 is 0 Å². The summed E-state index contributed by atoms with van der Waals surface area (Å²) in [5, 5.41) is 0. The summed E-state index contributed by atoms with van der Waals surface area (Å²) < 4.78 is 17.8. The topological polar surface area (TPSA) is 40.6 Å². The van der Waals surface area contributed by atoms with Crippen LogP contribution in [0.5, 0.6) is 5.75 Å². The van der Waals surface area contributed by atoms with E-state index in [9.17, 15) is 0 Å². The van der Waals surface area contributed by atoms with Gasteiger partial charge in [0.2, 0.25) is 0 Å². The fourth-order valence-corrected chi connectivity index (χ4v) is 2.27.